The number of hydrogen-bond acceptors (Lipinski definition) is 3. The number of nitrogens with zero attached hydrogens (tertiary/aromatic N) is 1. The second kappa shape index (κ2) is 7.05. The van der Waals surface area contributed by atoms with Gasteiger partial charge in [0.15, 0.2) is 0 Å². The van der Waals surface area contributed by atoms with Gasteiger partial charge in [-0.15, -0.1) is 11.8 Å². The maximum Gasteiger partial charge on any atom is 0.327 e. The van der Waals surface area contributed by atoms with E-state index in [1.165, 1.54) is 34.9 Å². The quantitative estimate of drug-likeness (QED) is 0.858. The summed E-state index contributed by atoms with van der Waals surface area (Å²) in [6, 6.07) is 13.0. The first-order valence-corrected chi connectivity index (χ1v) is 8.96. The van der Waals surface area contributed by atoms with E-state index in [0.717, 1.165) is 5.56 Å². The van der Waals surface area contributed by atoms with Crippen molar-refractivity contribution in [2.75, 3.05) is 5.75 Å². The third-order valence-corrected chi connectivity index (χ3v) is 5.47. The van der Waals surface area contributed by atoms with Crippen molar-refractivity contribution >= 4 is 46.8 Å². The van der Waals surface area contributed by atoms with E-state index < -0.39 is 17.9 Å². The van der Waals surface area contributed by atoms with Gasteiger partial charge in [-0.05, 0) is 23.8 Å². The van der Waals surface area contributed by atoms with Gasteiger partial charge in [0, 0.05) is 21.4 Å². The zero-order valence-electron chi connectivity index (χ0n) is 12.4. The maximum absolute atomic E-state index is 13.0. The fraction of sp³-hybridized carbons (Fsp3) is 0.176. The molecule has 0 radical (unpaired) electrons. The number of carbonyl (C=O) groups excluding carboxylic acids is 1. The van der Waals surface area contributed by atoms with Gasteiger partial charge in [-0.25, -0.2) is 4.79 Å². The number of halogens is 2. The topological polar surface area (TPSA) is 57.6 Å². The molecular weight excluding hydrogens is 369 g/mol. The average molecular weight is 382 g/mol. The van der Waals surface area contributed by atoms with Crippen LogP contribution in [0.15, 0.2) is 48.5 Å². The van der Waals surface area contributed by atoms with E-state index in [1.54, 1.807) is 0 Å². The minimum atomic E-state index is -1.03. The third kappa shape index (κ3) is 3.38. The van der Waals surface area contributed by atoms with E-state index in [2.05, 4.69) is 0 Å². The highest BCUT2D eigenvalue weighted by molar-refractivity contribution is 7.99. The lowest BCUT2D eigenvalue weighted by molar-refractivity contribution is -0.141. The van der Waals surface area contributed by atoms with E-state index >= 15 is 0 Å². The zero-order valence-corrected chi connectivity index (χ0v) is 14.7. The lowest BCUT2D eigenvalue weighted by Crippen LogP contribution is -2.43. The molecule has 0 spiro atoms. The van der Waals surface area contributed by atoms with Crippen LogP contribution >= 0.6 is 35.0 Å². The molecule has 0 saturated carbocycles. The van der Waals surface area contributed by atoms with Crippen LogP contribution in [0.4, 0.5) is 0 Å². The standard InChI is InChI=1S/C17H13Cl2NO3S/c18-12-6-11(7-13(19)8-12)15(21)20-14(17(22)23)9-24-16(20)10-4-2-1-3-5-10/h1-8,14,16H,9H2,(H,22,23). The Bertz CT molecular complexity index is 764. The molecule has 4 nitrogen and oxygen atoms in total. The van der Waals surface area contributed by atoms with Crippen molar-refractivity contribution in [3.8, 4) is 0 Å². The fourth-order valence-electron chi connectivity index (χ4n) is 2.65. The number of benzene rings is 2. The number of amides is 1. The first kappa shape index (κ1) is 17.1. The molecule has 7 heteroatoms. The molecule has 24 heavy (non-hydrogen) atoms. The molecule has 1 aliphatic rings. The summed E-state index contributed by atoms with van der Waals surface area (Å²) in [5, 5.41) is 9.80. The summed E-state index contributed by atoms with van der Waals surface area (Å²) >= 11 is 13.4. The summed E-state index contributed by atoms with van der Waals surface area (Å²) in [6.07, 6.45) is 0. The van der Waals surface area contributed by atoms with Gasteiger partial charge >= 0.3 is 5.97 Å². The predicted molar refractivity (Wildman–Crippen MR) is 95.7 cm³/mol. The monoisotopic (exact) mass is 381 g/mol. The van der Waals surface area contributed by atoms with Crippen molar-refractivity contribution in [1.82, 2.24) is 4.90 Å². The minimum absolute atomic E-state index is 0.280. The van der Waals surface area contributed by atoms with Crippen LogP contribution in [0.1, 0.15) is 21.3 Å². The molecule has 2 atom stereocenters. The molecule has 1 amide bonds. The molecule has 1 N–H and O–H groups in total. The highest BCUT2D eigenvalue weighted by Crippen LogP contribution is 2.42. The van der Waals surface area contributed by atoms with Crippen molar-refractivity contribution in [2.24, 2.45) is 0 Å². The molecular formula is C17H13Cl2NO3S. The number of rotatable bonds is 3. The molecule has 0 aromatic heterocycles. The number of aliphatic carboxylic acids is 1. The van der Waals surface area contributed by atoms with Crippen LogP contribution in [0, 0.1) is 0 Å². The number of carbonyl (C=O) groups is 2. The maximum atomic E-state index is 13.0. The highest BCUT2D eigenvalue weighted by atomic mass is 35.5. The highest BCUT2D eigenvalue weighted by Gasteiger charge is 2.42. The molecule has 2 aromatic rings. The summed E-state index contributed by atoms with van der Waals surface area (Å²) in [4.78, 5) is 26.0. The lowest BCUT2D eigenvalue weighted by atomic mass is 10.1. The molecule has 3 rings (SSSR count). The van der Waals surface area contributed by atoms with Crippen molar-refractivity contribution in [2.45, 2.75) is 11.4 Å². The molecule has 0 bridgehead atoms. The third-order valence-electron chi connectivity index (χ3n) is 3.71. The fourth-order valence-corrected chi connectivity index (χ4v) is 4.59. The first-order chi connectivity index (χ1) is 11.5. The first-order valence-electron chi connectivity index (χ1n) is 7.15. The molecule has 1 fully saturated rings. The molecule has 124 valence electrons. The van der Waals surface area contributed by atoms with Crippen LogP contribution in [0.25, 0.3) is 0 Å². The van der Waals surface area contributed by atoms with Gasteiger partial charge in [0.25, 0.3) is 5.91 Å². The van der Waals surface area contributed by atoms with E-state index in [9.17, 15) is 14.7 Å². The van der Waals surface area contributed by atoms with Gasteiger partial charge < -0.3 is 10.0 Å². The van der Waals surface area contributed by atoms with Crippen LogP contribution in [-0.4, -0.2) is 33.7 Å². The second-order valence-corrected chi connectivity index (χ2v) is 7.31. The lowest BCUT2D eigenvalue weighted by Gasteiger charge is -2.27. The van der Waals surface area contributed by atoms with Crippen LogP contribution in [-0.2, 0) is 4.79 Å². The van der Waals surface area contributed by atoms with Crippen LogP contribution < -0.4 is 0 Å². The Balaban J connectivity index is 2.01. The average Bonchev–Trinajstić information content (AvgIpc) is 2.99. The summed E-state index contributed by atoms with van der Waals surface area (Å²) in [7, 11) is 0. The summed E-state index contributed by atoms with van der Waals surface area (Å²) in [5.74, 6) is -1.09. The number of thioether (sulfide) groups is 1. The zero-order chi connectivity index (χ0) is 17.3. The van der Waals surface area contributed by atoms with Gasteiger partial charge in [0.05, 0.1) is 0 Å². The second-order valence-electron chi connectivity index (χ2n) is 5.32. The normalized spacial score (nSPS) is 20.2. The van der Waals surface area contributed by atoms with E-state index in [4.69, 9.17) is 23.2 Å². The van der Waals surface area contributed by atoms with Crippen molar-refractivity contribution in [1.29, 1.82) is 0 Å². The Morgan fingerprint density at radius 1 is 1.08 bits per heavy atom. The summed E-state index contributed by atoms with van der Waals surface area (Å²) < 4.78 is 0. The Morgan fingerprint density at radius 3 is 2.29 bits per heavy atom. The van der Waals surface area contributed by atoms with Gasteiger partial charge in [-0.2, -0.15) is 0 Å². The molecule has 1 saturated heterocycles. The van der Waals surface area contributed by atoms with Gasteiger partial charge in [0.1, 0.15) is 11.4 Å². The smallest absolute Gasteiger partial charge is 0.327 e. The van der Waals surface area contributed by atoms with Gasteiger partial charge in [0.2, 0.25) is 0 Å². The van der Waals surface area contributed by atoms with Crippen molar-refractivity contribution in [3.63, 3.8) is 0 Å². The van der Waals surface area contributed by atoms with Crippen molar-refractivity contribution < 1.29 is 14.7 Å². The Labute approximate surface area is 153 Å². The molecule has 1 heterocycles. The van der Waals surface area contributed by atoms with Crippen LogP contribution in [0.5, 0.6) is 0 Å². The number of hydrogen-bond donors (Lipinski definition) is 1. The predicted octanol–water partition coefficient (Wildman–Crippen LogP) is 4.33. The van der Waals surface area contributed by atoms with E-state index in [1.807, 2.05) is 30.3 Å². The van der Waals surface area contributed by atoms with Crippen molar-refractivity contribution in [3.05, 3.63) is 69.7 Å². The molecule has 2 unspecified atom stereocenters. The van der Waals surface area contributed by atoms with Crippen LogP contribution in [0.2, 0.25) is 10.0 Å². The minimum Gasteiger partial charge on any atom is -0.480 e. The Morgan fingerprint density at radius 2 is 1.71 bits per heavy atom. The van der Waals surface area contributed by atoms with Gasteiger partial charge in [-0.1, -0.05) is 53.5 Å². The Kier molecular flexibility index (Phi) is 5.04. The number of carboxylic acids is 1. The number of carboxylic acid groups (broad SMARTS) is 1. The summed E-state index contributed by atoms with van der Waals surface area (Å²) in [6.45, 7) is 0. The molecule has 1 aliphatic heterocycles. The van der Waals surface area contributed by atoms with Gasteiger partial charge in [-0.3, -0.25) is 4.79 Å². The van der Waals surface area contributed by atoms with E-state index in [-0.39, 0.29) is 10.9 Å². The van der Waals surface area contributed by atoms with Crippen LogP contribution in [0.3, 0.4) is 0 Å². The molecule has 2 aromatic carbocycles. The molecule has 0 aliphatic carbocycles. The summed E-state index contributed by atoms with van der Waals surface area (Å²) in [5.41, 5.74) is 1.16. The van der Waals surface area contributed by atoms with E-state index in [0.29, 0.717) is 15.8 Å². The SMILES string of the molecule is O=C(O)C1CSC(c2ccccc2)N1C(=O)c1cc(Cl)cc(Cl)c1. The Hall–Kier alpha value is -1.69. The largest absolute Gasteiger partial charge is 0.480 e.